The van der Waals surface area contributed by atoms with Crippen LogP contribution in [-0.4, -0.2) is 35.3 Å². The minimum Gasteiger partial charge on any atom is -0.469 e. The molecule has 2 aromatic rings. The van der Waals surface area contributed by atoms with Crippen molar-refractivity contribution in [2.45, 2.75) is 19.5 Å². The maximum atomic E-state index is 6.27. The van der Waals surface area contributed by atoms with Gasteiger partial charge in [0.2, 0.25) is 0 Å². The summed E-state index contributed by atoms with van der Waals surface area (Å²) in [6.07, 6.45) is 3.32. The van der Waals surface area contributed by atoms with Gasteiger partial charge in [0, 0.05) is 12.1 Å². The topological polar surface area (TPSA) is 72.2 Å². The molecule has 0 saturated carbocycles. The fraction of sp³-hybridized carbons (Fsp3) is 0.462. The van der Waals surface area contributed by atoms with E-state index in [1.807, 2.05) is 31.8 Å². The van der Waals surface area contributed by atoms with Gasteiger partial charge < -0.3 is 9.32 Å². The minimum absolute atomic E-state index is 0.246. The van der Waals surface area contributed by atoms with Crippen LogP contribution < -0.4 is 11.3 Å². The highest BCUT2D eigenvalue weighted by molar-refractivity contribution is 6.31. The molecule has 3 N–H and O–H groups in total. The molecule has 2 aromatic heterocycles. The molecule has 7 heteroatoms. The molecule has 0 aliphatic carbocycles. The summed E-state index contributed by atoms with van der Waals surface area (Å²) in [4.78, 5) is 2.09. The number of hydrazine groups is 1. The lowest BCUT2D eigenvalue weighted by Gasteiger charge is -2.18. The van der Waals surface area contributed by atoms with Gasteiger partial charge in [0.05, 0.1) is 35.8 Å². The second kappa shape index (κ2) is 6.41. The number of hydrogen-bond acceptors (Lipinski definition) is 5. The third-order valence-electron chi connectivity index (χ3n) is 3.12. The van der Waals surface area contributed by atoms with E-state index in [4.69, 9.17) is 21.9 Å². The molecule has 0 spiro atoms. The smallest absolute Gasteiger partial charge is 0.101 e. The summed E-state index contributed by atoms with van der Waals surface area (Å²) in [5.41, 5.74) is 4.56. The van der Waals surface area contributed by atoms with E-state index in [2.05, 4.69) is 15.4 Å². The van der Waals surface area contributed by atoms with Gasteiger partial charge in [-0.3, -0.25) is 10.5 Å². The van der Waals surface area contributed by atoms with Crippen LogP contribution in [0.1, 0.15) is 23.1 Å². The summed E-state index contributed by atoms with van der Waals surface area (Å²) in [5, 5.41) is 4.91. The van der Waals surface area contributed by atoms with E-state index < -0.39 is 0 Å². The molecular formula is C13H20ClN5O. The third kappa shape index (κ3) is 3.21. The van der Waals surface area contributed by atoms with Crippen LogP contribution in [-0.2, 0) is 6.54 Å². The van der Waals surface area contributed by atoms with Gasteiger partial charge in [-0.05, 0) is 27.1 Å². The number of nitrogens with zero attached hydrogens (tertiary/aromatic N) is 3. The number of nitrogens with two attached hydrogens (primary N) is 1. The molecule has 2 heterocycles. The number of hydrogen-bond donors (Lipinski definition) is 2. The quantitative estimate of drug-likeness (QED) is 0.625. The van der Waals surface area contributed by atoms with Crippen LogP contribution in [0.25, 0.3) is 0 Å². The zero-order chi connectivity index (χ0) is 14.7. The van der Waals surface area contributed by atoms with Crippen LogP contribution in [0.3, 0.4) is 0 Å². The second-order valence-corrected chi connectivity index (χ2v) is 5.40. The lowest BCUT2D eigenvalue weighted by Crippen LogP contribution is -2.31. The van der Waals surface area contributed by atoms with E-state index >= 15 is 0 Å². The van der Waals surface area contributed by atoms with Crippen molar-refractivity contribution in [3.05, 3.63) is 40.6 Å². The Hall–Kier alpha value is -1.34. The number of nitrogens with one attached hydrogen (secondary N) is 1. The van der Waals surface area contributed by atoms with Crippen molar-refractivity contribution in [2.24, 2.45) is 5.84 Å². The molecule has 0 bridgehead atoms. The number of aryl methyl sites for hydroxylation is 1. The van der Waals surface area contributed by atoms with Gasteiger partial charge in [0.1, 0.15) is 5.76 Å². The van der Waals surface area contributed by atoms with Crippen LogP contribution in [0, 0.1) is 6.92 Å². The summed E-state index contributed by atoms with van der Waals surface area (Å²) in [6, 6.07) is 1.69. The summed E-state index contributed by atoms with van der Waals surface area (Å²) < 4.78 is 7.22. The zero-order valence-corrected chi connectivity index (χ0v) is 12.7. The Kier molecular flexibility index (Phi) is 4.82. The standard InChI is InChI=1S/C13H20ClN5O/c1-9-6-10(8-20-9)12(17-15)13-11(14)7-16-19(13)5-4-18(2)3/h6-8,12,17H,4-5,15H2,1-3H3. The molecule has 20 heavy (non-hydrogen) atoms. The highest BCUT2D eigenvalue weighted by atomic mass is 35.5. The Bertz CT molecular complexity index is 563. The first-order valence-electron chi connectivity index (χ1n) is 6.40. The van der Waals surface area contributed by atoms with Gasteiger partial charge in [-0.2, -0.15) is 5.10 Å². The normalized spacial score (nSPS) is 13.1. The minimum atomic E-state index is -0.246. The molecule has 0 radical (unpaired) electrons. The average Bonchev–Trinajstić information content (AvgIpc) is 2.97. The highest BCUT2D eigenvalue weighted by Crippen LogP contribution is 2.28. The van der Waals surface area contributed by atoms with Crippen LogP contribution in [0.15, 0.2) is 22.9 Å². The first-order valence-corrected chi connectivity index (χ1v) is 6.77. The monoisotopic (exact) mass is 297 g/mol. The summed E-state index contributed by atoms with van der Waals surface area (Å²) in [6.45, 7) is 3.50. The van der Waals surface area contributed by atoms with Gasteiger partial charge in [-0.25, -0.2) is 5.43 Å². The third-order valence-corrected chi connectivity index (χ3v) is 3.41. The van der Waals surface area contributed by atoms with Crippen molar-refractivity contribution in [1.82, 2.24) is 20.1 Å². The highest BCUT2D eigenvalue weighted by Gasteiger charge is 2.22. The lowest BCUT2D eigenvalue weighted by atomic mass is 10.1. The zero-order valence-electron chi connectivity index (χ0n) is 11.9. The van der Waals surface area contributed by atoms with E-state index in [-0.39, 0.29) is 6.04 Å². The largest absolute Gasteiger partial charge is 0.469 e. The maximum Gasteiger partial charge on any atom is 0.101 e. The number of rotatable bonds is 6. The number of furan rings is 1. The van der Waals surface area contributed by atoms with Crippen molar-refractivity contribution in [3.8, 4) is 0 Å². The molecule has 0 fully saturated rings. The summed E-state index contributed by atoms with van der Waals surface area (Å²) >= 11 is 6.27. The first-order chi connectivity index (χ1) is 9.52. The summed E-state index contributed by atoms with van der Waals surface area (Å²) in [7, 11) is 4.03. The second-order valence-electron chi connectivity index (χ2n) is 4.99. The van der Waals surface area contributed by atoms with Crippen molar-refractivity contribution in [1.29, 1.82) is 0 Å². The Labute approximate surface area is 123 Å². The van der Waals surface area contributed by atoms with E-state index in [1.165, 1.54) is 0 Å². The SMILES string of the molecule is Cc1cc(C(NN)c2c(Cl)cnn2CCN(C)C)co1. The van der Waals surface area contributed by atoms with Crippen molar-refractivity contribution in [3.63, 3.8) is 0 Å². The van der Waals surface area contributed by atoms with Crippen LogP contribution in [0.4, 0.5) is 0 Å². The van der Waals surface area contributed by atoms with Crippen molar-refractivity contribution in [2.75, 3.05) is 20.6 Å². The fourth-order valence-corrected chi connectivity index (χ4v) is 2.33. The Morgan fingerprint density at radius 2 is 2.30 bits per heavy atom. The molecular weight excluding hydrogens is 278 g/mol. The molecule has 2 rings (SSSR count). The van der Waals surface area contributed by atoms with E-state index in [1.54, 1.807) is 12.5 Å². The van der Waals surface area contributed by atoms with Gasteiger partial charge in [-0.15, -0.1) is 0 Å². The van der Waals surface area contributed by atoms with Gasteiger partial charge >= 0.3 is 0 Å². The van der Waals surface area contributed by atoms with Crippen LogP contribution in [0.5, 0.6) is 0 Å². The molecule has 0 aliphatic rings. The van der Waals surface area contributed by atoms with Crippen molar-refractivity contribution < 1.29 is 4.42 Å². The molecule has 0 amide bonds. The molecule has 0 saturated heterocycles. The Balaban J connectivity index is 2.31. The Morgan fingerprint density at radius 3 is 2.85 bits per heavy atom. The molecule has 6 nitrogen and oxygen atoms in total. The van der Waals surface area contributed by atoms with Crippen molar-refractivity contribution >= 4 is 11.6 Å². The lowest BCUT2D eigenvalue weighted by molar-refractivity contribution is 0.365. The van der Waals surface area contributed by atoms with Crippen LogP contribution in [0.2, 0.25) is 5.02 Å². The molecule has 110 valence electrons. The number of halogens is 1. The van der Waals surface area contributed by atoms with Gasteiger partial charge in [-0.1, -0.05) is 11.6 Å². The van der Waals surface area contributed by atoms with E-state index in [0.717, 1.165) is 30.1 Å². The predicted molar refractivity (Wildman–Crippen MR) is 78.4 cm³/mol. The Morgan fingerprint density at radius 1 is 1.55 bits per heavy atom. The fourth-order valence-electron chi connectivity index (χ4n) is 2.08. The molecule has 1 atom stereocenters. The van der Waals surface area contributed by atoms with Gasteiger partial charge in [0.15, 0.2) is 0 Å². The number of aromatic nitrogens is 2. The van der Waals surface area contributed by atoms with Gasteiger partial charge in [0.25, 0.3) is 0 Å². The maximum absolute atomic E-state index is 6.27. The van der Waals surface area contributed by atoms with E-state index in [9.17, 15) is 0 Å². The molecule has 1 unspecified atom stereocenters. The average molecular weight is 298 g/mol. The first kappa shape index (κ1) is 15.1. The molecule has 0 aliphatic heterocycles. The van der Waals surface area contributed by atoms with E-state index in [0.29, 0.717) is 5.02 Å². The summed E-state index contributed by atoms with van der Waals surface area (Å²) in [5.74, 6) is 6.53. The van der Waals surface area contributed by atoms with Crippen LogP contribution >= 0.6 is 11.6 Å². The number of likely N-dealkylation sites (N-methyl/N-ethyl adjacent to an activating group) is 1. The predicted octanol–water partition coefficient (Wildman–Crippen LogP) is 1.55. The molecule has 0 aromatic carbocycles.